The lowest BCUT2D eigenvalue weighted by atomic mass is 9.86. The summed E-state index contributed by atoms with van der Waals surface area (Å²) in [6.45, 7) is 15.2. The van der Waals surface area contributed by atoms with Gasteiger partial charge in [-0.05, 0) is 83.5 Å². The van der Waals surface area contributed by atoms with Crippen LogP contribution in [0.25, 0.3) is 11.1 Å². The van der Waals surface area contributed by atoms with Gasteiger partial charge in [0.25, 0.3) is 0 Å². The molecule has 5 heteroatoms. The largest absolute Gasteiger partial charge is 0.486 e. The number of Topliss-reactive ketones (excluding diaryl/α,β-unsaturated/α-hetero) is 1. The SMILES string of the molecule is Cc1cc(OC(CC(C)(C)C)c2ccc(C(=O)CC[C@@H](O)C(=O)O)cc2)cc(C)c1-c1ccc(C(C)C)cc1. The van der Waals surface area contributed by atoms with E-state index in [0.717, 1.165) is 28.9 Å². The van der Waals surface area contributed by atoms with Crippen molar-refractivity contribution in [3.63, 3.8) is 0 Å². The van der Waals surface area contributed by atoms with Crippen molar-refractivity contribution in [2.24, 2.45) is 5.41 Å². The molecule has 0 spiro atoms. The summed E-state index contributed by atoms with van der Waals surface area (Å²) in [7, 11) is 0. The Morgan fingerprint density at radius 3 is 1.90 bits per heavy atom. The highest BCUT2D eigenvalue weighted by molar-refractivity contribution is 5.96. The Morgan fingerprint density at radius 1 is 0.872 bits per heavy atom. The molecule has 0 saturated heterocycles. The van der Waals surface area contributed by atoms with E-state index in [-0.39, 0.29) is 30.1 Å². The van der Waals surface area contributed by atoms with E-state index in [0.29, 0.717) is 11.5 Å². The van der Waals surface area contributed by atoms with Crippen molar-refractivity contribution in [1.29, 1.82) is 0 Å². The molecule has 0 saturated carbocycles. The van der Waals surface area contributed by atoms with Gasteiger partial charge in [-0.3, -0.25) is 4.79 Å². The van der Waals surface area contributed by atoms with Gasteiger partial charge in [0.1, 0.15) is 11.9 Å². The minimum atomic E-state index is -1.53. The molecular weight excluding hydrogens is 488 g/mol. The number of ether oxygens (including phenoxy) is 1. The van der Waals surface area contributed by atoms with Crippen LogP contribution < -0.4 is 4.74 Å². The maximum atomic E-state index is 12.5. The molecule has 0 aromatic heterocycles. The predicted molar refractivity (Wildman–Crippen MR) is 157 cm³/mol. The van der Waals surface area contributed by atoms with E-state index in [2.05, 4.69) is 84.9 Å². The summed E-state index contributed by atoms with van der Waals surface area (Å²) in [5, 5.41) is 18.3. The number of aryl methyl sites for hydroxylation is 2. The first-order valence-electron chi connectivity index (χ1n) is 13.7. The zero-order chi connectivity index (χ0) is 28.9. The molecule has 0 bridgehead atoms. The second-order valence-corrected chi connectivity index (χ2v) is 12.0. The number of aliphatic hydroxyl groups excluding tert-OH is 1. The van der Waals surface area contributed by atoms with Crippen molar-refractivity contribution >= 4 is 11.8 Å². The molecule has 39 heavy (non-hydrogen) atoms. The van der Waals surface area contributed by atoms with Crippen LogP contribution in [-0.2, 0) is 4.79 Å². The summed E-state index contributed by atoms with van der Waals surface area (Å²) in [5.41, 5.74) is 7.52. The minimum Gasteiger partial charge on any atom is -0.486 e. The third-order valence-corrected chi connectivity index (χ3v) is 6.98. The number of aliphatic carboxylic acids is 1. The van der Waals surface area contributed by atoms with Crippen LogP contribution in [-0.4, -0.2) is 28.1 Å². The van der Waals surface area contributed by atoms with Gasteiger partial charge in [-0.2, -0.15) is 0 Å². The van der Waals surface area contributed by atoms with E-state index in [1.807, 2.05) is 12.1 Å². The number of carbonyl (C=O) groups is 2. The van der Waals surface area contributed by atoms with Crippen LogP contribution in [0.3, 0.4) is 0 Å². The molecule has 3 aromatic carbocycles. The molecule has 0 fully saturated rings. The zero-order valence-electron chi connectivity index (χ0n) is 24.2. The normalized spacial score (nSPS) is 13.3. The summed E-state index contributed by atoms with van der Waals surface area (Å²) in [6, 6.07) is 20.3. The molecule has 0 aliphatic heterocycles. The maximum absolute atomic E-state index is 12.5. The fourth-order valence-corrected chi connectivity index (χ4v) is 4.85. The average molecular weight is 531 g/mol. The van der Waals surface area contributed by atoms with Crippen LogP contribution in [0.1, 0.15) is 98.5 Å². The Bertz CT molecular complexity index is 1260. The van der Waals surface area contributed by atoms with Gasteiger partial charge in [0.05, 0.1) is 0 Å². The van der Waals surface area contributed by atoms with Gasteiger partial charge in [0, 0.05) is 12.0 Å². The zero-order valence-corrected chi connectivity index (χ0v) is 24.2. The van der Waals surface area contributed by atoms with Gasteiger partial charge in [-0.15, -0.1) is 0 Å². The van der Waals surface area contributed by atoms with Crippen LogP contribution in [0.5, 0.6) is 5.75 Å². The number of carboxylic acids is 1. The second-order valence-electron chi connectivity index (χ2n) is 12.0. The Labute approximate surface area is 232 Å². The van der Waals surface area contributed by atoms with Gasteiger partial charge >= 0.3 is 5.97 Å². The first-order chi connectivity index (χ1) is 18.2. The number of hydrogen-bond acceptors (Lipinski definition) is 4. The van der Waals surface area contributed by atoms with E-state index >= 15 is 0 Å². The number of hydrogen-bond donors (Lipinski definition) is 2. The lowest BCUT2D eigenvalue weighted by molar-refractivity contribution is -0.146. The molecule has 3 aromatic rings. The van der Waals surface area contributed by atoms with E-state index in [1.165, 1.54) is 16.7 Å². The van der Waals surface area contributed by atoms with Gasteiger partial charge in [0.2, 0.25) is 0 Å². The molecule has 0 radical (unpaired) electrons. The molecule has 0 aliphatic carbocycles. The molecule has 1 unspecified atom stereocenters. The summed E-state index contributed by atoms with van der Waals surface area (Å²) in [4.78, 5) is 23.3. The van der Waals surface area contributed by atoms with Gasteiger partial charge in [-0.1, -0.05) is 83.1 Å². The lowest BCUT2D eigenvalue weighted by Crippen LogP contribution is -2.20. The average Bonchev–Trinajstić information content (AvgIpc) is 2.85. The fraction of sp³-hybridized carbons (Fsp3) is 0.412. The Morgan fingerprint density at radius 2 is 1.41 bits per heavy atom. The molecule has 0 amide bonds. The van der Waals surface area contributed by atoms with E-state index in [4.69, 9.17) is 9.84 Å². The third kappa shape index (κ3) is 8.27. The molecule has 5 nitrogen and oxygen atoms in total. The van der Waals surface area contributed by atoms with Crippen LogP contribution >= 0.6 is 0 Å². The standard InChI is InChI=1S/C34H42O5/c1-21(2)24-8-14-27(15-9-24)32-22(3)18-28(19-23(32)4)39-31(20-34(5,6)7)26-12-10-25(11-13-26)29(35)16-17-30(36)33(37)38/h8-15,18-19,21,30-31,36H,16-17,20H2,1-7H3,(H,37,38)/t30-,31?/m1/s1. The van der Waals surface area contributed by atoms with Crippen molar-refractivity contribution < 1.29 is 24.5 Å². The molecule has 0 heterocycles. The Kier molecular flexibility index (Phi) is 9.73. The number of rotatable bonds is 11. The molecule has 2 N–H and O–H groups in total. The van der Waals surface area contributed by atoms with Crippen molar-refractivity contribution in [2.75, 3.05) is 0 Å². The number of aliphatic hydroxyl groups is 1. The van der Waals surface area contributed by atoms with Gasteiger partial charge < -0.3 is 14.9 Å². The van der Waals surface area contributed by atoms with E-state index in [1.54, 1.807) is 12.1 Å². The van der Waals surface area contributed by atoms with Gasteiger partial charge in [0.15, 0.2) is 11.9 Å². The first kappa shape index (κ1) is 30.1. The smallest absolute Gasteiger partial charge is 0.332 e. The molecule has 208 valence electrons. The summed E-state index contributed by atoms with van der Waals surface area (Å²) < 4.78 is 6.60. The van der Waals surface area contributed by atoms with Gasteiger partial charge in [-0.25, -0.2) is 4.79 Å². The summed E-state index contributed by atoms with van der Waals surface area (Å²) in [6.07, 6.45) is -1.10. The highest BCUT2D eigenvalue weighted by atomic mass is 16.5. The van der Waals surface area contributed by atoms with Crippen molar-refractivity contribution in [1.82, 2.24) is 0 Å². The van der Waals surface area contributed by atoms with Crippen LogP contribution in [0.2, 0.25) is 0 Å². The van der Waals surface area contributed by atoms with Crippen LogP contribution in [0.4, 0.5) is 0 Å². The van der Waals surface area contributed by atoms with Crippen LogP contribution in [0, 0.1) is 19.3 Å². The fourth-order valence-electron chi connectivity index (χ4n) is 4.85. The highest BCUT2D eigenvalue weighted by Gasteiger charge is 2.23. The van der Waals surface area contributed by atoms with Crippen molar-refractivity contribution in [3.05, 3.63) is 88.5 Å². The van der Waals surface area contributed by atoms with Crippen molar-refractivity contribution in [2.45, 2.75) is 85.9 Å². The topological polar surface area (TPSA) is 83.8 Å². The minimum absolute atomic E-state index is 0.00825. The van der Waals surface area contributed by atoms with Crippen molar-refractivity contribution in [3.8, 4) is 16.9 Å². The Balaban J connectivity index is 1.83. The second kappa shape index (κ2) is 12.6. The molecule has 0 aliphatic rings. The predicted octanol–water partition coefficient (Wildman–Crippen LogP) is 8.06. The highest BCUT2D eigenvalue weighted by Crippen LogP contribution is 2.37. The maximum Gasteiger partial charge on any atom is 0.332 e. The monoisotopic (exact) mass is 530 g/mol. The lowest BCUT2D eigenvalue weighted by Gasteiger charge is -2.28. The van der Waals surface area contributed by atoms with E-state index in [9.17, 15) is 14.7 Å². The molecule has 3 rings (SSSR count). The van der Waals surface area contributed by atoms with Crippen LogP contribution in [0.15, 0.2) is 60.7 Å². The summed E-state index contributed by atoms with van der Waals surface area (Å²) in [5.74, 6) is -0.209. The third-order valence-electron chi connectivity index (χ3n) is 6.98. The quantitative estimate of drug-likeness (QED) is 0.245. The number of ketones is 1. The molecule has 2 atom stereocenters. The number of carbonyl (C=O) groups excluding carboxylic acids is 1. The van der Waals surface area contributed by atoms with E-state index < -0.39 is 12.1 Å². The molecular formula is C34H42O5. The summed E-state index contributed by atoms with van der Waals surface area (Å²) >= 11 is 0. The first-order valence-corrected chi connectivity index (χ1v) is 13.7. The number of benzene rings is 3. The Hall–Kier alpha value is -3.44. The number of carboxylic acid groups (broad SMARTS) is 1.